The van der Waals surface area contributed by atoms with Crippen LogP contribution in [0.4, 0.5) is 4.39 Å². The Balaban J connectivity index is 1.69. The molecule has 0 aliphatic carbocycles. The minimum Gasteiger partial charge on any atom is -0.339 e. The number of hydrogen-bond acceptors (Lipinski definition) is 3. The van der Waals surface area contributed by atoms with Gasteiger partial charge < -0.3 is 9.80 Å². The van der Waals surface area contributed by atoms with Crippen molar-refractivity contribution in [1.82, 2.24) is 19.6 Å². The molecule has 0 saturated carbocycles. The van der Waals surface area contributed by atoms with Crippen molar-refractivity contribution in [3.63, 3.8) is 0 Å². The summed E-state index contributed by atoms with van der Waals surface area (Å²) in [5.74, 6) is -0.452. The molecule has 7 heteroatoms. The van der Waals surface area contributed by atoms with Crippen LogP contribution in [0.15, 0.2) is 36.5 Å². The molecule has 3 rings (SSSR count). The summed E-state index contributed by atoms with van der Waals surface area (Å²) in [5, 5.41) is 4.26. The van der Waals surface area contributed by atoms with Crippen molar-refractivity contribution in [2.24, 2.45) is 0 Å². The maximum atomic E-state index is 12.9. The molecule has 23 heavy (non-hydrogen) atoms. The Kier molecular flexibility index (Phi) is 4.10. The molecule has 1 aliphatic rings. The van der Waals surface area contributed by atoms with E-state index in [1.54, 1.807) is 38.9 Å². The van der Waals surface area contributed by atoms with Gasteiger partial charge in [-0.3, -0.25) is 9.59 Å². The second-order valence-corrected chi connectivity index (χ2v) is 5.42. The van der Waals surface area contributed by atoms with Crippen molar-refractivity contribution in [1.29, 1.82) is 0 Å². The molecule has 1 aromatic heterocycles. The van der Waals surface area contributed by atoms with E-state index in [-0.39, 0.29) is 17.6 Å². The highest BCUT2D eigenvalue weighted by Crippen LogP contribution is 2.11. The number of halogens is 1. The highest BCUT2D eigenvalue weighted by molar-refractivity contribution is 5.92. The molecule has 0 atom stereocenters. The standard InChI is InChI=1S/C16H17FN4O2/c1-12(22)19-8-10-20(11-9-19)16(23)15-6-7-21(18-15)14-4-2-13(17)3-5-14/h2-7H,8-11H2,1H3. The monoisotopic (exact) mass is 316 g/mol. The zero-order valence-electron chi connectivity index (χ0n) is 12.8. The summed E-state index contributed by atoms with van der Waals surface area (Å²) in [6.07, 6.45) is 1.67. The molecule has 0 spiro atoms. The van der Waals surface area contributed by atoms with Gasteiger partial charge in [0.25, 0.3) is 5.91 Å². The zero-order chi connectivity index (χ0) is 16.4. The molecule has 0 unspecified atom stereocenters. The number of rotatable bonds is 2. The van der Waals surface area contributed by atoms with Gasteiger partial charge in [0.1, 0.15) is 5.82 Å². The number of aromatic nitrogens is 2. The fourth-order valence-electron chi connectivity index (χ4n) is 2.56. The van der Waals surface area contributed by atoms with Crippen molar-refractivity contribution < 1.29 is 14.0 Å². The molecule has 1 aliphatic heterocycles. The normalized spacial score (nSPS) is 14.9. The summed E-state index contributed by atoms with van der Waals surface area (Å²) >= 11 is 0. The number of nitrogens with zero attached hydrogens (tertiary/aromatic N) is 4. The van der Waals surface area contributed by atoms with E-state index in [9.17, 15) is 14.0 Å². The van der Waals surface area contributed by atoms with Crippen molar-refractivity contribution in [2.45, 2.75) is 6.92 Å². The van der Waals surface area contributed by atoms with Crippen LogP contribution in [0.2, 0.25) is 0 Å². The van der Waals surface area contributed by atoms with Crippen molar-refractivity contribution in [3.05, 3.63) is 48.0 Å². The quantitative estimate of drug-likeness (QED) is 0.839. The molecule has 0 N–H and O–H groups in total. The maximum absolute atomic E-state index is 12.9. The Morgan fingerprint density at radius 3 is 2.22 bits per heavy atom. The number of amides is 2. The van der Waals surface area contributed by atoms with Crippen molar-refractivity contribution in [3.8, 4) is 5.69 Å². The number of piperazine rings is 1. The van der Waals surface area contributed by atoms with Crippen LogP contribution in [0, 0.1) is 5.82 Å². The van der Waals surface area contributed by atoms with Gasteiger partial charge in [-0.2, -0.15) is 5.10 Å². The first-order valence-corrected chi connectivity index (χ1v) is 7.41. The molecule has 1 fully saturated rings. The van der Waals surface area contributed by atoms with Gasteiger partial charge in [0.05, 0.1) is 5.69 Å². The number of hydrogen-bond donors (Lipinski definition) is 0. The molecule has 2 heterocycles. The summed E-state index contributed by atoms with van der Waals surface area (Å²) < 4.78 is 14.5. The third kappa shape index (κ3) is 3.23. The predicted octanol–water partition coefficient (Wildman–Crippen LogP) is 1.32. The topological polar surface area (TPSA) is 58.4 Å². The number of carbonyl (C=O) groups excluding carboxylic acids is 2. The second-order valence-electron chi connectivity index (χ2n) is 5.42. The molecule has 2 amide bonds. The van der Waals surface area contributed by atoms with Gasteiger partial charge in [0, 0.05) is 39.3 Å². The number of carbonyl (C=O) groups is 2. The molecular formula is C16H17FN4O2. The second kappa shape index (κ2) is 6.20. The summed E-state index contributed by atoms with van der Waals surface area (Å²) in [6.45, 7) is 3.62. The summed E-state index contributed by atoms with van der Waals surface area (Å²) in [4.78, 5) is 27.2. The first kappa shape index (κ1) is 15.2. The third-order valence-corrected chi connectivity index (χ3v) is 3.91. The third-order valence-electron chi connectivity index (χ3n) is 3.91. The lowest BCUT2D eigenvalue weighted by atomic mass is 10.3. The zero-order valence-corrected chi connectivity index (χ0v) is 12.8. The van der Waals surface area contributed by atoms with E-state index >= 15 is 0 Å². The van der Waals surface area contributed by atoms with Gasteiger partial charge in [-0.15, -0.1) is 0 Å². The van der Waals surface area contributed by atoms with Crippen LogP contribution in [0.25, 0.3) is 5.69 Å². The molecule has 1 saturated heterocycles. The van der Waals surface area contributed by atoms with Crippen LogP contribution in [-0.2, 0) is 4.79 Å². The molecule has 2 aromatic rings. The Morgan fingerprint density at radius 2 is 1.61 bits per heavy atom. The van der Waals surface area contributed by atoms with E-state index < -0.39 is 0 Å². The minimum absolute atomic E-state index is 0.0256. The minimum atomic E-state index is -0.319. The first-order valence-electron chi connectivity index (χ1n) is 7.41. The van der Waals surface area contributed by atoms with E-state index in [1.165, 1.54) is 19.1 Å². The van der Waals surface area contributed by atoms with Crippen LogP contribution in [0.5, 0.6) is 0 Å². The van der Waals surface area contributed by atoms with E-state index in [4.69, 9.17) is 0 Å². The first-order chi connectivity index (χ1) is 11.0. The van der Waals surface area contributed by atoms with Gasteiger partial charge in [0.15, 0.2) is 5.69 Å². The van der Waals surface area contributed by atoms with Crippen molar-refractivity contribution >= 4 is 11.8 Å². The Bertz CT molecular complexity index is 718. The SMILES string of the molecule is CC(=O)N1CCN(C(=O)c2ccn(-c3ccc(F)cc3)n2)CC1. The molecule has 0 radical (unpaired) electrons. The Morgan fingerprint density at radius 1 is 1.00 bits per heavy atom. The van der Waals surface area contributed by atoms with Crippen LogP contribution < -0.4 is 0 Å². The van der Waals surface area contributed by atoms with Crippen molar-refractivity contribution in [2.75, 3.05) is 26.2 Å². The highest BCUT2D eigenvalue weighted by Gasteiger charge is 2.24. The van der Waals surface area contributed by atoms with Crippen LogP contribution in [-0.4, -0.2) is 57.6 Å². The van der Waals surface area contributed by atoms with Gasteiger partial charge in [-0.25, -0.2) is 9.07 Å². The van der Waals surface area contributed by atoms with Gasteiger partial charge >= 0.3 is 0 Å². The average molecular weight is 316 g/mol. The average Bonchev–Trinajstić information content (AvgIpc) is 3.05. The van der Waals surface area contributed by atoms with Gasteiger partial charge in [-0.05, 0) is 30.3 Å². The van der Waals surface area contributed by atoms with Gasteiger partial charge in [0.2, 0.25) is 5.91 Å². The lowest BCUT2D eigenvalue weighted by Gasteiger charge is -2.33. The Hall–Kier alpha value is -2.70. The van der Waals surface area contributed by atoms with Crippen LogP contribution in [0.1, 0.15) is 17.4 Å². The fraction of sp³-hybridized carbons (Fsp3) is 0.312. The molecule has 1 aromatic carbocycles. The van der Waals surface area contributed by atoms with E-state index in [0.717, 1.165) is 0 Å². The molecule has 120 valence electrons. The van der Waals surface area contributed by atoms with Gasteiger partial charge in [-0.1, -0.05) is 0 Å². The summed E-state index contributed by atoms with van der Waals surface area (Å²) in [7, 11) is 0. The van der Waals surface area contributed by atoms with Crippen LogP contribution in [0.3, 0.4) is 0 Å². The lowest BCUT2D eigenvalue weighted by molar-refractivity contribution is -0.130. The van der Waals surface area contributed by atoms with E-state index in [2.05, 4.69) is 5.10 Å². The predicted molar refractivity (Wildman–Crippen MR) is 81.7 cm³/mol. The molecule has 6 nitrogen and oxygen atoms in total. The fourth-order valence-corrected chi connectivity index (χ4v) is 2.56. The lowest BCUT2D eigenvalue weighted by Crippen LogP contribution is -2.50. The largest absolute Gasteiger partial charge is 0.339 e. The molecule has 0 bridgehead atoms. The van der Waals surface area contributed by atoms with E-state index in [0.29, 0.717) is 37.6 Å². The van der Waals surface area contributed by atoms with E-state index in [1.807, 2.05) is 0 Å². The highest BCUT2D eigenvalue weighted by atomic mass is 19.1. The molecular weight excluding hydrogens is 299 g/mol. The summed E-state index contributed by atoms with van der Waals surface area (Å²) in [5.41, 5.74) is 1.03. The summed E-state index contributed by atoms with van der Waals surface area (Å²) in [6, 6.07) is 7.53. The maximum Gasteiger partial charge on any atom is 0.274 e. The smallest absolute Gasteiger partial charge is 0.274 e. The number of benzene rings is 1. The van der Waals surface area contributed by atoms with Crippen LogP contribution >= 0.6 is 0 Å². The Labute approximate surface area is 133 Å².